The number of aromatic nitrogens is 2. The van der Waals surface area contributed by atoms with Crippen LogP contribution in [0.25, 0.3) is 11.0 Å². The number of hydrogen-bond donors (Lipinski definition) is 2. The maximum Gasteiger partial charge on any atom is 0.240 e. The van der Waals surface area contributed by atoms with Gasteiger partial charge in [0.25, 0.3) is 0 Å². The highest BCUT2D eigenvalue weighted by Gasteiger charge is 2.28. The van der Waals surface area contributed by atoms with Crippen molar-refractivity contribution in [3.05, 3.63) is 30.1 Å². The number of thioether (sulfide) groups is 1. The van der Waals surface area contributed by atoms with Crippen molar-refractivity contribution in [2.24, 2.45) is 11.7 Å². The second kappa shape index (κ2) is 6.71. The van der Waals surface area contributed by atoms with Crippen molar-refractivity contribution in [3.8, 4) is 0 Å². The molecule has 1 aromatic carbocycles. The van der Waals surface area contributed by atoms with Gasteiger partial charge >= 0.3 is 0 Å². The SMILES string of the molecule is CSCc1nc2ccccc2n1CC(=O)NCC(N)C1CC1. The first-order chi connectivity index (χ1) is 10.7. The van der Waals surface area contributed by atoms with Crippen LogP contribution in [0.2, 0.25) is 0 Å². The minimum atomic E-state index is 0.00149. The van der Waals surface area contributed by atoms with Crippen molar-refractivity contribution in [1.29, 1.82) is 0 Å². The Hall–Kier alpha value is -1.53. The molecule has 0 aliphatic heterocycles. The van der Waals surface area contributed by atoms with E-state index in [1.54, 1.807) is 11.8 Å². The predicted octanol–water partition coefficient (Wildman–Crippen LogP) is 1.75. The molecule has 1 saturated carbocycles. The molecule has 22 heavy (non-hydrogen) atoms. The number of amides is 1. The minimum Gasteiger partial charge on any atom is -0.353 e. The van der Waals surface area contributed by atoms with Crippen LogP contribution >= 0.6 is 11.8 Å². The third-order valence-corrected chi connectivity index (χ3v) is 4.62. The summed E-state index contributed by atoms with van der Waals surface area (Å²) in [4.78, 5) is 16.9. The van der Waals surface area contributed by atoms with Gasteiger partial charge in [0, 0.05) is 12.6 Å². The highest BCUT2D eigenvalue weighted by atomic mass is 32.2. The Bertz CT molecular complexity index is 665. The third-order valence-electron chi connectivity index (χ3n) is 4.07. The summed E-state index contributed by atoms with van der Waals surface area (Å²) in [6.45, 7) is 0.863. The molecule has 3 rings (SSSR count). The van der Waals surface area contributed by atoms with Crippen LogP contribution < -0.4 is 11.1 Å². The number of nitrogens with two attached hydrogens (primary N) is 1. The Balaban J connectivity index is 1.71. The number of nitrogens with one attached hydrogen (secondary N) is 1. The van der Waals surface area contributed by atoms with Gasteiger partial charge in [-0.25, -0.2) is 4.98 Å². The summed E-state index contributed by atoms with van der Waals surface area (Å²) in [7, 11) is 0. The number of rotatable bonds is 7. The molecule has 3 N–H and O–H groups in total. The number of hydrogen-bond acceptors (Lipinski definition) is 4. The average Bonchev–Trinajstić information content (AvgIpc) is 3.31. The van der Waals surface area contributed by atoms with E-state index in [9.17, 15) is 4.79 Å². The summed E-state index contributed by atoms with van der Waals surface area (Å²) in [5, 5.41) is 2.96. The molecule has 1 aliphatic carbocycles. The maximum atomic E-state index is 12.2. The molecule has 2 aromatic rings. The first-order valence-electron chi connectivity index (χ1n) is 7.64. The van der Waals surface area contributed by atoms with Crippen LogP contribution in [0.1, 0.15) is 18.7 Å². The zero-order chi connectivity index (χ0) is 15.5. The molecule has 118 valence electrons. The lowest BCUT2D eigenvalue weighted by Crippen LogP contribution is -2.40. The molecule has 1 heterocycles. The summed E-state index contributed by atoms with van der Waals surface area (Å²) in [5.41, 5.74) is 7.98. The van der Waals surface area contributed by atoms with Gasteiger partial charge in [-0.2, -0.15) is 11.8 Å². The van der Waals surface area contributed by atoms with Crippen molar-refractivity contribution in [3.63, 3.8) is 0 Å². The molecular weight excluding hydrogens is 296 g/mol. The second-order valence-electron chi connectivity index (χ2n) is 5.84. The van der Waals surface area contributed by atoms with E-state index < -0.39 is 0 Å². The molecular formula is C16H22N4OS. The predicted molar refractivity (Wildman–Crippen MR) is 90.7 cm³/mol. The van der Waals surface area contributed by atoms with Crippen molar-refractivity contribution in [2.45, 2.75) is 31.2 Å². The van der Waals surface area contributed by atoms with Crippen LogP contribution in [0.3, 0.4) is 0 Å². The fourth-order valence-corrected chi connectivity index (χ4v) is 3.14. The van der Waals surface area contributed by atoms with Gasteiger partial charge in [0.05, 0.1) is 16.8 Å². The van der Waals surface area contributed by atoms with Crippen molar-refractivity contribution in [1.82, 2.24) is 14.9 Å². The van der Waals surface area contributed by atoms with Crippen LogP contribution in [0.4, 0.5) is 0 Å². The van der Waals surface area contributed by atoms with Gasteiger partial charge in [0.15, 0.2) is 0 Å². The van der Waals surface area contributed by atoms with E-state index >= 15 is 0 Å². The van der Waals surface area contributed by atoms with E-state index in [4.69, 9.17) is 5.73 Å². The van der Waals surface area contributed by atoms with E-state index in [2.05, 4.69) is 10.3 Å². The lowest BCUT2D eigenvalue weighted by atomic mass is 10.2. The van der Waals surface area contributed by atoms with Crippen molar-refractivity contribution < 1.29 is 4.79 Å². The minimum absolute atomic E-state index is 0.00149. The Kier molecular flexibility index (Phi) is 4.69. The topological polar surface area (TPSA) is 72.9 Å². The van der Waals surface area contributed by atoms with E-state index in [1.807, 2.05) is 35.1 Å². The number of benzene rings is 1. The monoisotopic (exact) mass is 318 g/mol. The molecule has 1 aliphatic rings. The molecule has 0 bridgehead atoms. The van der Waals surface area contributed by atoms with E-state index in [-0.39, 0.29) is 11.9 Å². The van der Waals surface area contributed by atoms with Crippen LogP contribution in [0.5, 0.6) is 0 Å². The number of carbonyl (C=O) groups excluding carboxylic acids is 1. The first-order valence-corrected chi connectivity index (χ1v) is 9.03. The highest BCUT2D eigenvalue weighted by molar-refractivity contribution is 7.97. The quantitative estimate of drug-likeness (QED) is 0.816. The van der Waals surface area contributed by atoms with Gasteiger partial charge in [0.1, 0.15) is 12.4 Å². The summed E-state index contributed by atoms with van der Waals surface area (Å²) in [6.07, 6.45) is 4.43. The molecule has 0 saturated heterocycles. The summed E-state index contributed by atoms with van der Waals surface area (Å²) in [5.74, 6) is 2.34. The first kappa shape index (κ1) is 15.4. The second-order valence-corrected chi connectivity index (χ2v) is 6.71. The molecule has 6 heteroatoms. The standard InChI is InChI=1S/C16H22N4OS/c1-22-10-15-19-13-4-2-3-5-14(13)20(15)9-16(21)18-8-12(17)11-6-7-11/h2-5,11-12H,6-10,17H2,1H3,(H,18,21). The highest BCUT2D eigenvalue weighted by Crippen LogP contribution is 2.31. The normalized spacial score (nSPS) is 15.9. The molecule has 1 aromatic heterocycles. The molecule has 1 fully saturated rings. The average molecular weight is 318 g/mol. The molecule has 1 atom stereocenters. The van der Waals surface area contributed by atoms with E-state index in [0.29, 0.717) is 19.0 Å². The van der Waals surface area contributed by atoms with Gasteiger partial charge < -0.3 is 15.6 Å². The summed E-state index contributed by atoms with van der Waals surface area (Å²) < 4.78 is 2.00. The van der Waals surface area contributed by atoms with Crippen LogP contribution in [0.15, 0.2) is 24.3 Å². The van der Waals surface area contributed by atoms with Crippen molar-refractivity contribution in [2.75, 3.05) is 12.8 Å². The summed E-state index contributed by atoms with van der Waals surface area (Å²) in [6, 6.07) is 8.03. The van der Waals surface area contributed by atoms with E-state index in [1.165, 1.54) is 12.8 Å². The van der Waals surface area contributed by atoms with Crippen LogP contribution in [0, 0.1) is 5.92 Å². The van der Waals surface area contributed by atoms with Crippen LogP contribution in [-0.4, -0.2) is 34.3 Å². The molecule has 5 nitrogen and oxygen atoms in total. The number of carbonyl (C=O) groups is 1. The Morgan fingerprint density at radius 3 is 3.00 bits per heavy atom. The number of para-hydroxylation sites is 2. The number of fused-ring (bicyclic) bond motifs is 1. The largest absolute Gasteiger partial charge is 0.353 e. The molecule has 1 amide bonds. The fraction of sp³-hybridized carbons (Fsp3) is 0.500. The lowest BCUT2D eigenvalue weighted by molar-refractivity contribution is -0.121. The Morgan fingerprint density at radius 2 is 2.27 bits per heavy atom. The Morgan fingerprint density at radius 1 is 1.50 bits per heavy atom. The van der Waals surface area contributed by atoms with Gasteiger partial charge in [-0.15, -0.1) is 0 Å². The zero-order valence-corrected chi connectivity index (χ0v) is 13.6. The smallest absolute Gasteiger partial charge is 0.240 e. The number of nitrogens with zero attached hydrogens (tertiary/aromatic N) is 2. The van der Waals surface area contributed by atoms with Crippen LogP contribution in [-0.2, 0) is 17.1 Å². The third kappa shape index (κ3) is 3.44. The van der Waals surface area contributed by atoms with Gasteiger partial charge in [-0.05, 0) is 37.1 Å². The van der Waals surface area contributed by atoms with Crippen molar-refractivity contribution >= 4 is 28.7 Å². The lowest BCUT2D eigenvalue weighted by Gasteiger charge is -2.13. The van der Waals surface area contributed by atoms with Gasteiger partial charge in [0.2, 0.25) is 5.91 Å². The van der Waals surface area contributed by atoms with Gasteiger partial charge in [-0.1, -0.05) is 12.1 Å². The van der Waals surface area contributed by atoms with Gasteiger partial charge in [-0.3, -0.25) is 4.79 Å². The summed E-state index contributed by atoms with van der Waals surface area (Å²) >= 11 is 1.71. The molecule has 1 unspecified atom stereocenters. The van der Waals surface area contributed by atoms with E-state index in [0.717, 1.165) is 22.6 Å². The Labute approximate surface area is 134 Å². The zero-order valence-electron chi connectivity index (χ0n) is 12.8. The maximum absolute atomic E-state index is 12.2. The fourth-order valence-electron chi connectivity index (χ4n) is 2.66. The molecule has 0 spiro atoms. The molecule has 0 radical (unpaired) electrons. The number of imidazole rings is 1.